The molecule has 102 valence electrons. The van der Waals surface area contributed by atoms with E-state index in [4.69, 9.17) is 11.6 Å². The van der Waals surface area contributed by atoms with Crippen LogP contribution in [0.2, 0.25) is 0 Å². The number of hydrogen-bond donors (Lipinski definition) is 0. The lowest BCUT2D eigenvalue weighted by atomic mass is 10.2. The molecule has 1 aromatic heterocycles. The molecule has 0 N–H and O–H groups in total. The van der Waals surface area contributed by atoms with E-state index in [0.29, 0.717) is 24.7 Å². The van der Waals surface area contributed by atoms with Crippen molar-refractivity contribution in [2.45, 2.75) is 32.5 Å². The van der Waals surface area contributed by atoms with Gasteiger partial charge in [0.25, 0.3) is 0 Å². The number of halogens is 4. The maximum absolute atomic E-state index is 12.6. The minimum Gasteiger partial charge on any atom is -0.354 e. The van der Waals surface area contributed by atoms with E-state index in [0.717, 1.165) is 6.07 Å². The number of alkyl halides is 4. The number of nitrogens with zero attached hydrogens (tertiary/aromatic N) is 2. The summed E-state index contributed by atoms with van der Waals surface area (Å²) < 4.78 is 37.7. The third-order valence-corrected chi connectivity index (χ3v) is 2.74. The first-order chi connectivity index (χ1) is 8.36. The molecule has 18 heavy (non-hydrogen) atoms. The van der Waals surface area contributed by atoms with Crippen molar-refractivity contribution in [3.05, 3.63) is 23.9 Å². The predicted octanol–water partition coefficient (Wildman–Crippen LogP) is 3.94. The number of anilines is 1. The number of rotatable bonds is 5. The number of pyridine rings is 1. The second-order valence-corrected chi connectivity index (χ2v) is 4.59. The molecule has 1 aromatic rings. The molecule has 0 fully saturated rings. The summed E-state index contributed by atoms with van der Waals surface area (Å²) in [6.07, 6.45) is -3.71. The van der Waals surface area contributed by atoms with E-state index in [1.807, 2.05) is 18.7 Å². The number of aromatic nitrogens is 1. The maximum Gasteiger partial charge on any atom is 0.433 e. The Labute approximate surface area is 110 Å². The van der Waals surface area contributed by atoms with Gasteiger partial charge in [0.05, 0.1) is 0 Å². The molecule has 0 unspecified atom stereocenters. The quantitative estimate of drug-likeness (QED) is 0.760. The van der Waals surface area contributed by atoms with Gasteiger partial charge in [0, 0.05) is 18.5 Å². The highest BCUT2D eigenvalue weighted by Crippen LogP contribution is 2.29. The molecule has 2 nitrogen and oxygen atoms in total. The summed E-state index contributed by atoms with van der Waals surface area (Å²) in [5.74, 6) is 0.812. The lowest BCUT2D eigenvalue weighted by Crippen LogP contribution is -2.33. The van der Waals surface area contributed by atoms with Crippen molar-refractivity contribution in [1.82, 2.24) is 4.98 Å². The van der Waals surface area contributed by atoms with Gasteiger partial charge in [-0.05, 0) is 32.4 Å². The van der Waals surface area contributed by atoms with Crippen LogP contribution in [-0.2, 0) is 6.18 Å². The van der Waals surface area contributed by atoms with Crippen LogP contribution in [0.1, 0.15) is 26.0 Å². The van der Waals surface area contributed by atoms with Crippen LogP contribution in [0.5, 0.6) is 0 Å². The van der Waals surface area contributed by atoms with Gasteiger partial charge in [-0.3, -0.25) is 0 Å². The van der Waals surface area contributed by atoms with Crippen LogP contribution in [0, 0.1) is 0 Å². The van der Waals surface area contributed by atoms with Crippen molar-refractivity contribution >= 4 is 17.4 Å². The molecule has 0 aliphatic heterocycles. The van der Waals surface area contributed by atoms with Gasteiger partial charge in [0.2, 0.25) is 0 Å². The Hall–Kier alpha value is -0.970. The average molecular weight is 281 g/mol. The van der Waals surface area contributed by atoms with Crippen LogP contribution in [0.4, 0.5) is 19.0 Å². The first kappa shape index (κ1) is 15.1. The van der Waals surface area contributed by atoms with Gasteiger partial charge in [0.15, 0.2) is 0 Å². The topological polar surface area (TPSA) is 16.1 Å². The Morgan fingerprint density at radius 3 is 2.50 bits per heavy atom. The van der Waals surface area contributed by atoms with Gasteiger partial charge >= 0.3 is 6.18 Å². The second-order valence-electron chi connectivity index (χ2n) is 4.21. The standard InChI is InChI=1S/C12H16ClF3N2/c1-9(2)18(8-4-7-13)11-6-3-5-10(17-11)12(14,15)16/h3,5-6,9H,4,7-8H2,1-2H3. The average Bonchev–Trinajstić information content (AvgIpc) is 2.28. The molecule has 0 bridgehead atoms. The lowest BCUT2D eigenvalue weighted by Gasteiger charge is -2.28. The molecule has 0 aliphatic carbocycles. The lowest BCUT2D eigenvalue weighted by molar-refractivity contribution is -0.141. The summed E-state index contributed by atoms with van der Waals surface area (Å²) in [6.45, 7) is 4.42. The minimum absolute atomic E-state index is 0.0733. The van der Waals surface area contributed by atoms with Gasteiger partial charge in [-0.25, -0.2) is 4.98 Å². The first-order valence-electron chi connectivity index (χ1n) is 5.73. The molecule has 0 atom stereocenters. The van der Waals surface area contributed by atoms with Crippen LogP contribution < -0.4 is 4.90 Å². The van der Waals surface area contributed by atoms with Crippen molar-refractivity contribution in [1.29, 1.82) is 0 Å². The highest BCUT2D eigenvalue weighted by molar-refractivity contribution is 6.17. The Morgan fingerprint density at radius 2 is 2.00 bits per heavy atom. The molecule has 0 saturated carbocycles. The fourth-order valence-corrected chi connectivity index (χ4v) is 1.73. The van der Waals surface area contributed by atoms with E-state index < -0.39 is 11.9 Å². The van der Waals surface area contributed by atoms with Crippen molar-refractivity contribution in [2.75, 3.05) is 17.3 Å². The highest BCUT2D eigenvalue weighted by atomic mass is 35.5. The molecule has 0 amide bonds. The molecule has 0 aromatic carbocycles. The van der Waals surface area contributed by atoms with Crippen LogP contribution in [0.3, 0.4) is 0 Å². The van der Waals surface area contributed by atoms with E-state index in [9.17, 15) is 13.2 Å². The zero-order chi connectivity index (χ0) is 13.8. The summed E-state index contributed by atoms with van der Waals surface area (Å²) in [7, 11) is 0. The van der Waals surface area contributed by atoms with Gasteiger partial charge < -0.3 is 4.90 Å². The Kier molecular flexibility index (Phi) is 5.26. The fraction of sp³-hybridized carbons (Fsp3) is 0.583. The third-order valence-electron chi connectivity index (χ3n) is 2.48. The SMILES string of the molecule is CC(C)N(CCCCl)c1cccc(C(F)(F)F)n1. The first-order valence-corrected chi connectivity index (χ1v) is 6.26. The zero-order valence-corrected chi connectivity index (χ0v) is 11.1. The Morgan fingerprint density at radius 1 is 1.33 bits per heavy atom. The summed E-state index contributed by atoms with van der Waals surface area (Å²) in [4.78, 5) is 5.49. The van der Waals surface area contributed by atoms with Crippen LogP contribution in [-0.4, -0.2) is 23.5 Å². The Bertz CT molecular complexity index is 380. The van der Waals surface area contributed by atoms with Crippen molar-refractivity contribution in [3.8, 4) is 0 Å². The van der Waals surface area contributed by atoms with Gasteiger partial charge in [0.1, 0.15) is 11.5 Å². The third kappa shape index (κ3) is 4.05. The molecule has 0 aliphatic rings. The summed E-state index contributed by atoms with van der Waals surface area (Å²) >= 11 is 5.61. The smallest absolute Gasteiger partial charge is 0.354 e. The van der Waals surface area contributed by atoms with E-state index in [1.54, 1.807) is 6.07 Å². The summed E-state index contributed by atoms with van der Waals surface area (Å²) in [5, 5.41) is 0. The molecule has 1 rings (SSSR count). The van der Waals surface area contributed by atoms with Gasteiger partial charge in [-0.2, -0.15) is 13.2 Å². The van der Waals surface area contributed by atoms with Crippen molar-refractivity contribution in [3.63, 3.8) is 0 Å². The predicted molar refractivity (Wildman–Crippen MR) is 67.1 cm³/mol. The molecular weight excluding hydrogens is 265 g/mol. The molecule has 0 spiro atoms. The van der Waals surface area contributed by atoms with Crippen LogP contribution in [0.25, 0.3) is 0 Å². The van der Waals surface area contributed by atoms with E-state index in [-0.39, 0.29) is 6.04 Å². The highest BCUT2D eigenvalue weighted by Gasteiger charge is 2.32. The van der Waals surface area contributed by atoms with Gasteiger partial charge in [-0.15, -0.1) is 11.6 Å². The number of hydrogen-bond acceptors (Lipinski definition) is 2. The van der Waals surface area contributed by atoms with Gasteiger partial charge in [-0.1, -0.05) is 6.07 Å². The molecular formula is C12H16ClF3N2. The summed E-state index contributed by atoms with van der Waals surface area (Å²) in [5.41, 5.74) is -0.864. The van der Waals surface area contributed by atoms with Crippen molar-refractivity contribution in [2.24, 2.45) is 0 Å². The fourth-order valence-electron chi connectivity index (χ4n) is 1.61. The van der Waals surface area contributed by atoms with Crippen LogP contribution >= 0.6 is 11.6 Å². The second kappa shape index (κ2) is 6.27. The Balaban J connectivity index is 2.98. The molecule has 0 saturated heterocycles. The van der Waals surface area contributed by atoms with E-state index >= 15 is 0 Å². The maximum atomic E-state index is 12.6. The molecule has 1 heterocycles. The largest absolute Gasteiger partial charge is 0.433 e. The molecule has 0 radical (unpaired) electrons. The minimum atomic E-state index is -4.41. The summed E-state index contributed by atoms with van der Waals surface area (Å²) in [6, 6.07) is 4.01. The van der Waals surface area contributed by atoms with E-state index in [2.05, 4.69) is 4.98 Å². The molecule has 6 heteroatoms. The zero-order valence-electron chi connectivity index (χ0n) is 10.3. The van der Waals surface area contributed by atoms with Crippen molar-refractivity contribution < 1.29 is 13.2 Å². The normalized spacial score (nSPS) is 11.9. The van der Waals surface area contributed by atoms with Crippen LogP contribution in [0.15, 0.2) is 18.2 Å². The monoisotopic (exact) mass is 280 g/mol. The van der Waals surface area contributed by atoms with E-state index in [1.165, 1.54) is 6.07 Å².